The largest absolute Gasteiger partial charge is 0.497 e. The molecule has 0 bridgehead atoms. The molecule has 0 radical (unpaired) electrons. The van der Waals surface area contributed by atoms with Crippen molar-refractivity contribution in [1.29, 1.82) is 0 Å². The monoisotopic (exact) mass is 244 g/mol. The topological polar surface area (TPSA) is 57.2 Å². The number of nitrogens with two attached hydrogens (primary N) is 1. The smallest absolute Gasteiger partial charge is 0.274 e. The van der Waals surface area contributed by atoms with Gasteiger partial charge in [-0.15, -0.1) is 0 Å². The van der Waals surface area contributed by atoms with Gasteiger partial charge in [-0.25, -0.2) is 0 Å². The van der Waals surface area contributed by atoms with Gasteiger partial charge in [0.25, 0.3) is 5.56 Å². The predicted octanol–water partition coefficient (Wildman–Crippen LogP) is 2.13. The van der Waals surface area contributed by atoms with Gasteiger partial charge in [0.15, 0.2) is 0 Å². The lowest BCUT2D eigenvalue weighted by molar-refractivity contribution is 0.415. The Bertz CT molecular complexity index is 617. The van der Waals surface area contributed by atoms with E-state index < -0.39 is 0 Å². The van der Waals surface area contributed by atoms with Crippen LogP contribution in [0, 0.1) is 0 Å². The summed E-state index contributed by atoms with van der Waals surface area (Å²) in [5.41, 5.74) is 7.65. The summed E-state index contributed by atoms with van der Waals surface area (Å²) in [6.45, 7) is 2.52. The molecule has 1 heterocycles. The summed E-state index contributed by atoms with van der Waals surface area (Å²) in [6, 6.07) is 9.35. The Morgan fingerprint density at radius 2 is 2.11 bits per heavy atom. The molecule has 0 aliphatic carbocycles. The van der Waals surface area contributed by atoms with E-state index in [9.17, 15) is 4.79 Å². The molecule has 2 N–H and O–H groups in total. The maximum absolute atomic E-state index is 12.0. The molecule has 0 atom stereocenters. The van der Waals surface area contributed by atoms with E-state index in [1.165, 1.54) is 0 Å². The van der Waals surface area contributed by atoms with E-state index in [2.05, 4.69) is 0 Å². The molecule has 94 valence electrons. The number of nitrogens with zero attached hydrogens (tertiary/aromatic N) is 1. The minimum Gasteiger partial charge on any atom is -0.497 e. The molecule has 18 heavy (non-hydrogen) atoms. The fourth-order valence-corrected chi connectivity index (χ4v) is 1.88. The van der Waals surface area contributed by atoms with Crippen molar-refractivity contribution in [2.45, 2.75) is 13.5 Å². The second-order valence-corrected chi connectivity index (χ2v) is 3.97. The van der Waals surface area contributed by atoms with Crippen LogP contribution in [-0.4, -0.2) is 11.7 Å². The zero-order valence-corrected chi connectivity index (χ0v) is 10.5. The molecule has 4 nitrogen and oxygen atoms in total. The standard InChI is InChI=1S/C14H16N2O2/c1-3-16-8-7-12(13(15)14(16)17)10-5-4-6-11(9-10)18-2/h4-9H,3,15H2,1-2H3. The first-order valence-corrected chi connectivity index (χ1v) is 5.80. The van der Waals surface area contributed by atoms with E-state index in [4.69, 9.17) is 10.5 Å². The van der Waals surface area contributed by atoms with E-state index in [-0.39, 0.29) is 11.2 Å². The third kappa shape index (κ3) is 2.09. The summed E-state index contributed by atoms with van der Waals surface area (Å²) < 4.78 is 6.75. The maximum atomic E-state index is 12.0. The summed E-state index contributed by atoms with van der Waals surface area (Å²) >= 11 is 0. The van der Waals surface area contributed by atoms with Crippen molar-refractivity contribution in [1.82, 2.24) is 4.57 Å². The second kappa shape index (κ2) is 4.96. The molecule has 0 unspecified atom stereocenters. The highest BCUT2D eigenvalue weighted by atomic mass is 16.5. The Hall–Kier alpha value is -2.23. The van der Waals surface area contributed by atoms with Gasteiger partial charge < -0.3 is 15.0 Å². The number of aromatic nitrogens is 1. The van der Waals surface area contributed by atoms with E-state index in [0.717, 1.165) is 16.9 Å². The van der Waals surface area contributed by atoms with Crippen molar-refractivity contribution in [3.05, 3.63) is 46.9 Å². The molecule has 0 aliphatic rings. The molecular formula is C14H16N2O2. The molecule has 1 aromatic carbocycles. The van der Waals surface area contributed by atoms with Gasteiger partial charge in [-0.2, -0.15) is 0 Å². The Kier molecular flexibility index (Phi) is 3.37. The van der Waals surface area contributed by atoms with Crippen LogP contribution in [0.1, 0.15) is 6.92 Å². The highest BCUT2D eigenvalue weighted by molar-refractivity contribution is 5.76. The maximum Gasteiger partial charge on any atom is 0.274 e. The number of hydrogen-bond acceptors (Lipinski definition) is 3. The van der Waals surface area contributed by atoms with Crippen LogP contribution in [0.4, 0.5) is 5.69 Å². The van der Waals surface area contributed by atoms with Crippen molar-refractivity contribution in [3.63, 3.8) is 0 Å². The van der Waals surface area contributed by atoms with Gasteiger partial charge in [0, 0.05) is 18.3 Å². The number of methoxy groups -OCH3 is 1. The molecule has 2 aromatic rings. The lowest BCUT2D eigenvalue weighted by atomic mass is 10.1. The SMILES string of the molecule is CCn1ccc(-c2cccc(OC)c2)c(N)c1=O. The van der Waals surface area contributed by atoms with Crippen molar-refractivity contribution in [2.75, 3.05) is 12.8 Å². The number of ether oxygens (including phenoxy) is 1. The summed E-state index contributed by atoms with van der Waals surface area (Å²) in [4.78, 5) is 12.0. The van der Waals surface area contributed by atoms with Crippen LogP contribution in [0.5, 0.6) is 5.75 Å². The lowest BCUT2D eigenvalue weighted by Crippen LogP contribution is -2.22. The number of anilines is 1. The van der Waals surface area contributed by atoms with Crippen LogP contribution < -0.4 is 16.0 Å². The van der Waals surface area contributed by atoms with E-state index >= 15 is 0 Å². The first kappa shape index (κ1) is 12.2. The fourth-order valence-electron chi connectivity index (χ4n) is 1.88. The van der Waals surface area contributed by atoms with Crippen LogP contribution >= 0.6 is 0 Å². The summed E-state index contributed by atoms with van der Waals surface area (Å²) in [7, 11) is 1.61. The summed E-state index contributed by atoms with van der Waals surface area (Å²) in [6.07, 6.45) is 1.76. The van der Waals surface area contributed by atoms with E-state index in [1.54, 1.807) is 17.9 Å². The quantitative estimate of drug-likeness (QED) is 0.899. The summed E-state index contributed by atoms with van der Waals surface area (Å²) in [5, 5.41) is 0. The van der Waals surface area contributed by atoms with Gasteiger partial charge >= 0.3 is 0 Å². The third-order valence-corrected chi connectivity index (χ3v) is 2.92. The van der Waals surface area contributed by atoms with Crippen molar-refractivity contribution in [3.8, 4) is 16.9 Å². The number of aryl methyl sites for hydroxylation is 1. The van der Waals surface area contributed by atoms with Gasteiger partial charge in [0.1, 0.15) is 11.4 Å². The number of benzene rings is 1. The van der Waals surface area contributed by atoms with Crippen molar-refractivity contribution in [2.24, 2.45) is 0 Å². The molecule has 2 rings (SSSR count). The summed E-state index contributed by atoms with van der Waals surface area (Å²) in [5.74, 6) is 0.742. The van der Waals surface area contributed by atoms with E-state index in [1.807, 2.05) is 37.3 Å². The molecule has 0 spiro atoms. The van der Waals surface area contributed by atoms with Crippen LogP contribution in [0.25, 0.3) is 11.1 Å². The molecule has 0 amide bonds. The molecule has 0 saturated carbocycles. The molecule has 0 fully saturated rings. The normalized spacial score (nSPS) is 10.3. The average Bonchev–Trinajstić information content (AvgIpc) is 2.42. The Morgan fingerprint density at radius 3 is 2.78 bits per heavy atom. The van der Waals surface area contributed by atoms with Crippen LogP contribution in [-0.2, 0) is 6.54 Å². The lowest BCUT2D eigenvalue weighted by Gasteiger charge is -2.09. The number of pyridine rings is 1. The Labute approximate surface area is 106 Å². The number of rotatable bonds is 3. The first-order chi connectivity index (χ1) is 8.67. The zero-order valence-electron chi connectivity index (χ0n) is 10.5. The van der Waals surface area contributed by atoms with Gasteiger partial charge in [-0.1, -0.05) is 12.1 Å². The number of hydrogen-bond donors (Lipinski definition) is 1. The second-order valence-electron chi connectivity index (χ2n) is 3.97. The van der Waals surface area contributed by atoms with Gasteiger partial charge in [0.2, 0.25) is 0 Å². The van der Waals surface area contributed by atoms with Crippen LogP contribution in [0.2, 0.25) is 0 Å². The Balaban J connectivity index is 2.57. The molecule has 1 aromatic heterocycles. The number of nitrogen functional groups attached to an aromatic ring is 1. The molecule has 4 heteroatoms. The Morgan fingerprint density at radius 1 is 1.33 bits per heavy atom. The van der Waals surface area contributed by atoms with Crippen molar-refractivity contribution >= 4 is 5.69 Å². The van der Waals surface area contributed by atoms with Gasteiger partial charge in [-0.05, 0) is 30.7 Å². The van der Waals surface area contributed by atoms with Gasteiger partial charge in [0.05, 0.1) is 7.11 Å². The highest BCUT2D eigenvalue weighted by Gasteiger charge is 2.08. The molecule has 0 aliphatic heterocycles. The van der Waals surface area contributed by atoms with E-state index in [0.29, 0.717) is 6.54 Å². The van der Waals surface area contributed by atoms with Crippen LogP contribution in [0.3, 0.4) is 0 Å². The third-order valence-electron chi connectivity index (χ3n) is 2.92. The first-order valence-electron chi connectivity index (χ1n) is 5.80. The van der Waals surface area contributed by atoms with Crippen LogP contribution in [0.15, 0.2) is 41.3 Å². The van der Waals surface area contributed by atoms with Gasteiger partial charge in [-0.3, -0.25) is 4.79 Å². The molecule has 0 saturated heterocycles. The minimum absolute atomic E-state index is 0.155. The average molecular weight is 244 g/mol. The fraction of sp³-hybridized carbons (Fsp3) is 0.214. The van der Waals surface area contributed by atoms with Crippen molar-refractivity contribution < 1.29 is 4.74 Å². The zero-order chi connectivity index (χ0) is 13.1. The minimum atomic E-state index is -0.155. The predicted molar refractivity (Wildman–Crippen MR) is 72.8 cm³/mol. The highest BCUT2D eigenvalue weighted by Crippen LogP contribution is 2.26. The molecular weight excluding hydrogens is 228 g/mol.